The summed E-state index contributed by atoms with van der Waals surface area (Å²) in [5, 5.41) is 12.4. The number of carbonyl (C=O) groups is 1. The molecule has 27 heavy (non-hydrogen) atoms. The van der Waals surface area contributed by atoms with Crippen LogP contribution in [0.15, 0.2) is 35.1 Å². The summed E-state index contributed by atoms with van der Waals surface area (Å²) in [6.45, 7) is 0.661. The van der Waals surface area contributed by atoms with E-state index in [1.54, 1.807) is 43.1 Å². The normalized spacial score (nSPS) is 13.7. The Bertz CT molecular complexity index is 1060. The van der Waals surface area contributed by atoms with Gasteiger partial charge in [0, 0.05) is 31.1 Å². The first-order chi connectivity index (χ1) is 13.1. The Balaban J connectivity index is 1.43. The maximum Gasteiger partial charge on any atom is 0.266 e. The summed E-state index contributed by atoms with van der Waals surface area (Å²) in [6.07, 6.45) is 2.26. The van der Waals surface area contributed by atoms with Crippen molar-refractivity contribution in [2.24, 2.45) is 7.05 Å². The molecule has 8 nitrogen and oxygen atoms in total. The van der Waals surface area contributed by atoms with Crippen molar-refractivity contribution in [1.29, 1.82) is 0 Å². The Morgan fingerprint density at radius 3 is 2.81 bits per heavy atom. The zero-order valence-electron chi connectivity index (χ0n) is 15.3. The molecule has 140 valence electrons. The highest BCUT2D eigenvalue weighted by Gasteiger charge is 2.25. The molecule has 0 aliphatic heterocycles. The standard InChI is InChI=1S/C19H21N5O3/c1-23-19(27-2)14-6-5-13(11-16(14)21-23)18(26)20-9-10-24-17(25)8-7-15(22-24)12-3-4-12/h5-8,11-12H,3-4,9-10H2,1-2H3,(H,20,26). The van der Waals surface area contributed by atoms with Gasteiger partial charge in [-0.3, -0.25) is 9.59 Å². The number of rotatable bonds is 6. The van der Waals surface area contributed by atoms with E-state index in [1.807, 2.05) is 6.07 Å². The number of methoxy groups -OCH3 is 1. The van der Waals surface area contributed by atoms with Gasteiger partial charge < -0.3 is 10.1 Å². The van der Waals surface area contributed by atoms with Crippen LogP contribution < -0.4 is 15.6 Å². The van der Waals surface area contributed by atoms with Gasteiger partial charge in [-0.25, -0.2) is 9.36 Å². The molecule has 0 spiro atoms. The number of aromatic nitrogens is 4. The van der Waals surface area contributed by atoms with E-state index in [-0.39, 0.29) is 11.5 Å². The third-order valence-corrected chi connectivity index (χ3v) is 4.73. The fourth-order valence-electron chi connectivity index (χ4n) is 3.16. The number of hydrogen-bond acceptors (Lipinski definition) is 5. The number of fused-ring (bicyclic) bond motifs is 1. The average molecular weight is 367 g/mol. The van der Waals surface area contributed by atoms with Crippen molar-refractivity contribution in [1.82, 2.24) is 24.9 Å². The smallest absolute Gasteiger partial charge is 0.266 e. The van der Waals surface area contributed by atoms with Crippen molar-refractivity contribution < 1.29 is 9.53 Å². The van der Waals surface area contributed by atoms with E-state index >= 15 is 0 Å². The Kier molecular flexibility index (Phi) is 4.39. The summed E-state index contributed by atoms with van der Waals surface area (Å²) in [5.74, 6) is 0.916. The number of benzene rings is 1. The molecule has 1 saturated carbocycles. The number of nitrogens with one attached hydrogen (secondary N) is 1. The van der Waals surface area contributed by atoms with Gasteiger partial charge in [-0.15, -0.1) is 0 Å². The van der Waals surface area contributed by atoms with Gasteiger partial charge in [-0.05, 0) is 37.1 Å². The molecule has 0 unspecified atom stereocenters. The van der Waals surface area contributed by atoms with Crippen LogP contribution in [-0.4, -0.2) is 39.1 Å². The number of amides is 1. The second kappa shape index (κ2) is 6.86. The van der Waals surface area contributed by atoms with Crippen molar-refractivity contribution in [3.05, 3.63) is 51.9 Å². The Labute approximate surface area is 155 Å². The van der Waals surface area contributed by atoms with E-state index in [0.29, 0.717) is 36.0 Å². The molecule has 2 heterocycles. The van der Waals surface area contributed by atoms with Gasteiger partial charge in [0.2, 0.25) is 5.88 Å². The van der Waals surface area contributed by atoms with Crippen LogP contribution in [0.25, 0.3) is 10.9 Å². The number of hydrogen-bond donors (Lipinski definition) is 1. The fraction of sp³-hybridized carbons (Fsp3) is 0.368. The third-order valence-electron chi connectivity index (χ3n) is 4.73. The number of aryl methyl sites for hydroxylation is 1. The monoisotopic (exact) mass is 367 g/mol. The second-order valence-electron chi connectivity index (χ2n) is 6.71. The lowest BCUT2D eigenvalue weighted by Gasteiger charge is -2.08. The van der Waals surface area contributed by atoms with Crippen molar-refractivity contribution in [2.75, 3.05) is 13.7 Å². The molecule has 0 saturated heterocycles. The molecule has 8 heteroatoms. The maximum absolute atomic E-state index is 12.4. The topological polar surface area (TPSA) is 91.0 Å². The minimum atomic E-state index is -0.215. The summed E-state index contributed by atoms with van der Waals surface area (Å²) < 4.78 is 8.37. The molecular weight excluding hydrogens is 346 g/mol. The van der Waals surface area contributed by atoms with Crippen molar-refractivity contribution in [3.8, 4) is 5.88 Å². The second-order valence-corrected chi connectivity index (χ2v) is 6.71. The van der Waals surface area contributed by atoms with Gasteiger partial charge in [-0.1, -0.05) is 0 Å². The van der Waals surface area contributed by atoms with E-state index in [0.717, 1.165) is 23.9 Å². The van der Waals surface area contributed by atoms with Gasteiger partial charge in [0.15, 0.2) is 0 Å². The van der Waals surface area contributed by atoms with E-state index in [9.17, 15) is 9.59 Å². The molecule has 1 aliphatic rings. The summed E-state index contributed by atoms with van der Waals surface area (Å²) in [7, 11) is 3.38. The molecule has 1 aliphatic carbocycles. The van der Waals surface area contributed by atoms with Crippen LogP contribution in [0.3, 0.4) is 0 Å². The number of carbonyl (C=O) groups excluding carboxylic acids is 1. The van der Waals surface area contributed by atoms with Gasteiger partial charge in [0.1, 0.15) is 0 Å². The van der Waals surface area contributed by atoms with Crippen LogP contribution in [0, 0.1) is 0 Å². The van der Waals surface area contributed by atoms with Crippen LogP contribution in [0.2, 0.25) is 0 Å². The van der Waals surface area contributed by atoms with E-state index in [4.69, 9.17) is 4.74 Å². The number of nitrogens with zero attached hydrogens (tertiary/aromatic N) is 4. The van der Waals surface area contributed by atoms with Crippen LogP contribution in [0.4, 0.5) is 0 Å². The highest BCUT2D eigenvalue weighted by Crippen LogP contribution is 2.38. The molecular formula is C19H21N5O3. The highest BCUT2D eigenvalue weighted by molar-refractivity contribution is 5.98. The lowest BCUT2D eigenvalue weighted by molar-refractivity contribution is 0.0952. The zero-order chi connectivity index (χ0) is 19.0. The molecule has 1 fully saturated rings. The lowest BCUT2D eigenvalue weighted by Crippen LogP contribution is -2.32. The van der Waals surface area contributed by atoms with E-state index in [1.165, 1.54) is 4.68 Å². The van der Waals surface area contributed by atoms with Gasteiger partial charge in [-0.2, -0.15) is 10.2 Å². The molecule has 0 atom stereocenters. The predicted octanol–water partition coefficient (Wildman–Crippen LogP) is 1.45. The van der Waals surface area contributed by atoms with Crippen LogP contribution >= 0.6 is 0 Å². The molecule has 4 rings (SSSR count). The molecule has 0 bridgehead atoms. The van der Waals surface area contributed by atoms with Crippen LogP contribution in [0.1, 0.15) is 34.8 Å². The summed E-state index contributed by atoms with van der Waals surface area (Å²) in [5.41, 5.74) is 2.00. The maximum atomic E-state index is 12.4. The fourth-order valence-corrected chi connectivity index (χ4v) is 3.16. The van der Waals surface area contributed by atoms with Gasteiger partial charge >= 0.3 is 0 Å². The molecule has 1 aromatic carbocycles. The Hall–Kier alpha value is -3.16. The predicted molar refractivity (Wildman–Crippen MR) is 100 cm³/mol. The minimum absolute atomic E-state index is 0.157. The van der Waals surface area contributed by atoms with Gasteiger partial charge in [0.05, 0.1) is 30.3 Å². The molecule has 2 aromatic heterocycles. The summed E-state index contributed by atoms with van der Waals surface area (Å²) in [4.78, 5) is 24.4. The zero-order valence-corrected chi connectivity index (χ0v) is 15.3. The van der Waals surface area contributed by atoms with E-state index < -0.39 is 0 Å². The van der Waals surface area contributed by atoms with Crippen molar-refractivity contribution >= 4 is 16.8 Å². The van der Waals surface area contributed by atoms with Gasteiger partial charge in [0.25, 0.3) is 11.5 Å². The minimum Gasteiger partial charge on any atom is -0.481 e. The molecule has 1 amide bonds. The van der Waals surface area contributed by atoms with Crippen LogP contribution in [0.5, 0.6) is 5.88 Å². The van der Waals surface area contributed by atoms with Crippen LogP contribution in [-0.2, 0) is 13.6 Å². The third kappa shape index (κ3) is 3.42. The molecule has 0 radical (unpaired) electrons. The quantitative estimate of drug-likeness (QED) is 0.712. The summed E-state index contributed by atoms with van der Waals surface area (Å²) >= 11 is 0. The lowest BCUT2D eigenvalue weighted by atomic mass is 10.1. The first kappa shape index (κ1) is 17.3. The molecule has 3 aromatic rings. The number of ether oxygens (including phenoxy) is 1. The first-order valence-electron chi connectivity index (χ1n) is 8.94. The van der Waals surface area contributed by atoms with Crippen molar-refractivity contribution in [3.63, 3.8) is 0 Å². The van der Waals surface area contributed by atoms with Crippen molar-refractivity contribution in [2.45, 2.75) is 25.3 Å². The SMILES string of the molecule is COc1c2ccc(C(=O)NCCn3nc(C4CC4)ccc3=O)cc2nn1C. The first-order valence-corrected chi connectivity index (χ1v) is 8.94. The summed E-state index contributed by atoms with van der Waals surface area (Å²) in [6, 6.07) is 8.63. The Morgan fingerprint density at radius 2 is 2.07 bits per heavy atom. The van der Waals surface area contributed by atoms with E-state index in [2.05, 4.69) is 15.5 Å². The highest BCUT2D eigenvalue weighted by atomic mass is 16.5. The average Bonchev–Trinajstić information content (AvgIpc) is 3.45. The Morgan fingerprint density at radius 1 is 1.26 bits per heavy atom. The largest absolute Gasteiger partial charge is 0.481 e. The molecule has 1 N–H and O–H groups in total.